The molecule has 19 heavy (non-hydrogen) atoms. The highest BCUT2D eigenvalue weighted by Gasteiger charge is 2.26. The summed E-state index contributed by atoms with van der Waals surface area (Å²) >= 11 is 0. The van der Waals surface area contributed by atoms with Crippen LogP contribution in [0, 0.1) is 0 Å². The van der Waals surface area contributed by atoms with Crippen LogP contribution in [-0.2, 0) is 11.8 Å². The Bertz CT molecular complexity index is 419. The topological polar surface area (TPSA) is 71.2 Å². The van der Waals surface area contributed by atoms with Crippen LogP contribution in [0.1, 0.15) is 43.8 Å². The van der Waals surface area contributed by atoms with E-state index in [1.54, 1.807) is 6.33 Å². The van der Waals surface area contributed by atoms with Crippen molar-refractivity contribution >= 4 is 5.91 Å². The number of aliphatic hydroxyl groups is 1. The van der Waals surface area contributed by atoms with Gasteiger partial charge in [-0.05, 0) is 25.7 Å². The molecular weight excluding hydrogens is 244 g/mol. The van der Waals surface area contributed by atoms with E-state index < -0.39 is 0 Å². The van der Waals surface area contributed by atoms with Crippen molar-refractivity contribution in [3.05, 3.63) is 12.2 Å². The highest BCUT2D eigenvalue weighted by molar-refractivity contribution is 5.76. The van der Waals surface area contributed by atoms with Crippen LogP contribution in [0.2, 0.25) is 0 Å². The second kappa shape index (κ2) is 6.65. The van der Waals surface area contributed by atoms with Gasteiger partial charge in [0.2, 0.25) is 5.91 Å². The third-order valence-corrected chi connectivity index (χ3v) is 3.68. The number of hydrogen-bond acceptors (Lipinski definition) is 4. The van der Waals surface area contributed by atoms with Crippen LogP contribution in [0.4, 0.5) is 0 Å². The molecule has 1 amide bonds. The van der Waals surface area contributed by atoms with E-state index in [2.05, 4.69) is 10.2 Å². The third-order valence-electron chi connectivity index (χ3n) is 3.68. The predicted octanol–water partition coefficient (Wildman–Crippen LogP) is 0.684. The summed E-state index contributed by atoms with van der Waals surface area (Å²) in [7, 11) is 1.94. The number of unbranched alkanes of at least 4 members (excludes halogenated alkanes) is 1. The molecule has 0 spiro atoms. The van der Waals surface area contributed by atoms with Crippen LogP contribution in [0.25, 0.3) is 0 Å². The van der Waals surface area contributed by atoms with E-state index in [9.17, 15) is 4.79 Å². The first-order chi connectivity index (χ1) is 9.22. The normalized spacial score (nSPS) is 19.7. The molecule has 1 unspecified atom stereocenters. The van der Waals surface area contributed by atoms with E-state index in [0.717, 1.165) is 38.2 Å². The first kappa shape index (κ1) is 14.0. The SMILES string of the molecule is Cn1cnnc1C1CCCN(C(=O)CCCCO)C1. The molecule has 2 rings (SSSR count). The van der Waals surface area contributed by atoms with Gasteiger partial charge < -0.3 is 14.6 Å². The molecule has 106 valence electrons. The minimum atomic E-state index is 0.162. The van der Waals surface area contributed by atoms with E-state index in [1.165, 1.54) is 0 Å². The quantitative estimate of drug-likeness (QED) is 0.796. The summed E-state index contributed by atoms with van der Waals surface area (Å²) in [6.07, 6.45) is 5.78. The highest BCUT2D eigenvalue weighted by Crippen LogP contribution is 2.25. The molecule has 1 saturated heterocycles. The van der Waals surface area contributed by atoms with Crippen molar-refractivity contribution in [1.29, 1.82) is 0 Å². The maximum absolute atomic E-state index is 12.1. The third kappa shape index (κ3) is 3.53. The molecular formula is C13H22N4O2. The number of likely N-dealkylation sites (tertiary alicyclic amines) is 1. The number of amides is 1. The van der Waals surface area contributed by atoms with Crippen LogP contribution < -0.4 is 0 Å². The number of nitrogens with zero attached hydrogens (tertiary/aromatic N) is 4. The molecule has 2 heterocycles. The second-order valence-corrected chi connectivity index (χ2v) is 5.16. The molecule has 1 fully saturated rings. The summed E-state index contributed by atoms with van der Waals surface area (Å²) in [5.74, 6) is 1.45. The van der Waals surface area contributed by atoms with E-state index >= 15 is 0 Å². The molecule has 1 aromatic heterocycles. The Morgan fingerprint density at radius 1 is 1.53 bits per heavy atom. The van der Waals surface area contributed by atoms with Crippen LogP contribution in [0.15, 0.2) is 6.33 Å². The number of rotatable bonds is 5. The molecule has 0 radical (unpaired) electrons. The Morgan fingerprint density at radius 2 is 2.37 bits per heavy atom. The van der Waals surface area contributed by atoms with Gasteiger partial charge >= 0.3 is 0 Å². The van der Waals surface area contributed by atoms with Crippen LogP contribution in [0.5, 0.6) is 0 Å². The molecule has 6 heteroatoms. The fourth-order valence-corrected chi connectivity index (χ4v) is 2.62. The number of aryl methyl sites for hydroxylation is 1. The molecule has 1 aromatic rings. The lowest BCUT2D eigenvalue weighted by atomic mass is 9.96. The Balaban J connectivity index is 1.90. The van der Waals surface area contributed by atoms with Gasteiger partial charge in [-0.3, -0.25) is 4.79 Å². The summed E-state index contributed by atoms with van der Waals surface area (Å²) in [6, 6.07) is 0. The van der Waals surface area contributed by atoms with Gasteiger partial charge in [0.25, 0.3) is 0 Å². The summed E-state index contributed by atoms with van der Waals surface area (Å²) < 4.78 is 1.93. The fourth-order valence-electron chi connectivity index (χ4n) is 2.62. The molecule has 0 aromatic carbocycles. The van der Waals surface area contributed by atoms with Crippen molar-refractivity contribution < 1.29 is 9.90 Å². The molecule has 1 atom stereocenters. The van der Waals surface area contributed by atoms with Gasteiger partial charge in [0.05, 0.1) is 0 Å². The molecule has 1 N–H and O–H groups in total. The predicted molar refractivity (Wildman–Crippen MR) is 70.5 cm³/mol. The van der Waals surface area contributed by atoms with Gasteiger partial charge in [-0.1, -0.05) is 0 Å². The first-order valence-electron chi connectivity index (χ1n) is 6.95. The zero-order valence-electron chi connectivity index (χ0n) is 11.5. The lowest BCUT2D eigenvalue weighted by molar-refractivity contribution is -0.132. The van der Waals surface area contributed by atoms with Crippen molar-refractivity contribution in [2.45, 2.75) is 38.0 Å². The minimum Gasteiger partial charge on any atom is -0.396 e. The van der Waals surface area contributed by atoms with E-state index in [0.29, 0.717) is 18.8 Å². The standard InChI is InChI=1S/C13H22N4O2/c1-16-10-14-15-13(16)11-5-4-7-17(9-11)12(19)6-2-3-8-18/h10-11,18H,2-9H2,1H3. The Labute approximate surface area is 113 Å². The number of piperidine rings is 1. The molecule has 0 saturated carbocycles. The van der Waals surface area contributed by atoms with E-state index in [-0.39, 0.29) is 12.5 Å². The van der Waals surface area contributed by atoms with Gasteiger partial charge in [0.1, 0.15) is 12.2 Å². The molecule has 0 aliphatic carbocycles. The van der Waals surface area contributed by atoms with Gasteiger partial charge in [-0.15, -0.1) is 10.2 Å². The van der Waals surface area contributed by atoms with Crippen molar-refractivity contribution in [2.24, 2.45) is 7.05 Å². The maximum Gasteiger partial charge on any atom is 0.222 e. The van der Waals surface area contributed by atoms with Crippen LogP contribution in [0.3, 0.4) is 0 Å². The largest absolute Gasteiger partial charge is 0.396 e. The average Bonchev–Trinajstić information content (AvgIpc) is 2.85. The zero-order chi connectivity index (χ0) is 13.7. The summed E-state index contributed by atoms with van der Waals surface area (Å²) in [5.41, 5.74) is 0. The lowest BCUT2D eigenvalue weighted by Crippen LogP contribution is -2.39. The monoisotopic (exact) mass is 266 g/mol. The molecule has 0 bridgehead atoms. The summed E-state index contributed by atoms with van der Waals surface area (Å²) in [6.45, 7) is 1.74. The van der Waals surface area contributed by atoms with Crippen molar-refractivity contribution in [1.82, 2.24) is 19.7 Å². The van der Waals surface area contributed by atoms with Gasteiger partial charge in [0.15, 0.2) is 0 Å². The number of aromatic nitrogens is 3. The number of carbonyl (C=O) groups is 1. The molecule has 1 aliphatic rings. The molecule has 6 nitrogen and oxygen atoms in total. The zero-order valence-corrected chi connectivity index (χ0v) is 11.5. The fraction of sp³-hybridized carbons (Fsp3) is 0.769. The summed E-state index contributed by atoms with van der Waals surface area (Å²) in [5, 5.41) is 16.8. The average molecular weight is 266 g/mol. The maximum atomic E-state index is 12.1. The van der Waals surface area contributed by atoms with E-state index in [4.69, 9.17) is 5.11 Å². The van der Waals surface area contributed by atoms with Gasteiger partial charge in [0, 0.05) is 39.1 Å². The van der Waals surface area contributed by atoms with Crippen molar-refractivity contribution in [2.75, 3.05) is 19.7 Å². The number of hydrogen-bond donors (Lipinski definition) is 1. The van der Waals surface area contributed by atoms with Crippen LogP contribution >= 0.6 is 0 Å². The smallest absolute Gasteiger partial charge is 0.222 e. The van der Waals surface area contributed by atoms with Crippen molar-refractivity contribution in [3.63, 3.8) is 0 Å². The Kier molecular flexibility index (Phi) is 4.90. The number of carbonyl (C=O) groups excluding carboxylic acids is 1. The van der Waals surface area contributed by atoms with E-state index in [1.807, 2.05) is 16.5 Å². The Morgan fingerprint density at radius 3 is 3.05 bits per heavy atom. The van der Waals surface area contributed by atoms with Gasteiger partial charge in [-0.25, -0.2) is 0 Å². The minimum absolute atomic E-state index is 0.162. The van der Waals surface area contributed by atoms with Crippen LogP contribution in [-0.4, -0.2) is 50.4 Å². The van der Waals surface area contributed by atoms with Crippen molar-refractivity contribution in [3.8, 4) is 0 Å². The highest BCUT2D eigenvalue weighted by atomic mass is 16.3. The second-order valence-electron chi connectivity index (χ2n) is 5.16. The lowest BCUT2D eigenvalue weighted by Gasteiger charge is -2.32. The number of aliphatic hydroxyl groups excluding tert-OH is 1. The summed E-state index contributed by atoms with van der Waals surface area (Å²) in [4.78, 5) is 14.0. The first-order valence-corrected chi connectivity index (χ1v) is 6.95. The van der Waals surface area contributed by atoms with Gasteiger partial charge in [-0.2, -0.15) is 0 Å². The molecule has 1 aliphatic heterocycles. The Hall–Kier alpha value is -1.43.